The van der Waals surface area contributed by atoms with Crippen molar-refractivity contribution >= 4 is 29.0 Å². The lowest BCUT2D eigenvalue weighted by Crippen LogP contribution is -2.43. The van der Waals surface area contributed by atoms with E-state index in [2.05, 4.69) is 10.4 Å². The zero-order valence-corrected chi connectivity index (χ0v) is 12.2. The third-order valence-corrected chi connectivity index (χ3v) is 5.26. The number of rotatable bonds is 2. The van der Waals surface area contributed by atoms with Gasteiger partial charge in [0.1, 0.15) is 17.4 Å². The Morgan fingerprint density at radius 3 is 2.81 bits per heavy atom. The summed E-state index contributed by atoms with van der Waals surface area (Å²) in [6.45, 7) is 0. The molecule has 4 rings (SSSR count). The number of amides is 1. The third kappa shape index (κ3) is 2.01. The van der Waals surface area contributed by atoms with Crippen molar-refractivity contribution in [3.05, 3.63) is 23.6 Å². The van der Waals surface area contributed by atoms with Crippen molar-refractivity contribution in [2.24, 2.45) is 11.8 Å². The topological polar surface area (TPSA) is 64.0 Å². The minimum absolute atomic E-state index is 0.167. The van der Waals surface area contributed by atoms with Gasteiger partial charge in [-0.25, -0.2) is 0 Å². The van der Waals surface area contributed by atoms with Crippen LogP contribution < -0.4 is 5.32 Å². The van der Waals surface area contributed by atoms with Gasteiger partial charge in [-0.05, 0) is 30.2 Å². The molecule has 6 heteroatoms. The molecule has 1 fully saturated rings. The highest BCUT2D eigenvalue weighted by Gasteiger charge is 2.41. The summed E-state index contributed by atoms with van der Waals surface area (Å²) in [6, 6.07) is 5.67. The van der Waals surface area contributed by atoms with Crippen molar-refractivity contribution < 1.29 is 9.59 Å². The number of nitrogens with one attached hydrogen (secondary N) is 1. The molecule has 0 saturated heterocycles. The predicted molar refractivity (Wildman–Crippen MR) is 80.2 cm³/mol. The van der Waals surface area contributed by atoms with Crippen LogP contribution in [0.4, 0.5) is 5.82 Å². The highest BCUT2D eigenvalue weighted by molar-refractivity contribution is 7.13. The van der Waals surface area contributed by atoms with Crippen LogP contribution in [0.5, 0.6) is 0 Å². The van der Waals surface area contributed by atoms with Gasteiger partial charge in [-0.2, -0.15) is 9.78 Å². The van der Waals surface area contributed by atoms with E-state index in [1.807, 2.05) is 17.5 Å². The Morgan fingerprint density at radius 2 is 2.10 bits per heavy atom. The molecule has 1 aliphatic heterocycles. The molecule has 21 heavy (non-hydrogen) atoms. The summed E-state index contributed by atoms with van der Waals surface area (Å²) in [5, 5.41) is 9.21. The molecular weight excluding hydrogens is 286 g/mol. The first kappa shape index (κ1) is 12.8. The summed E-state index contributed by atoms with van der Waals surface area (Å²) in [6.07, 6.45) is 4.12. The molecular formula is C15H15N3O2S. The van der Waals surface area contributed by atoms with Crippen molar-refractivity contribution in [1.82, 2.24) is 9.78 Å². The summed E-state index contributed by atoms with van der Waals surface area (Å²) in [5.74, 6) is -0.265. The number of thiophene rings is 1. The van der Waals surface area contributed by atoms with E-state index in [0.717, 1.165) is 36.3 Å². The fourth-order valence-corrected chi connectivity index (χ4v) is 4.02. The van der Waals surface area contributed by atoms with Crippen molar-refractivity contribution in [1.29, 1.82) is 0 Å². The highest BCUT2D eigenvalue weighted by Crippen LogP contribution is 2.36. The number of hydrogen-bond donors (Lipinski definition) is 1. The highest BCUT2D eigenvalue weighted by atomic mass is 32.1. The van der Waals surface area contributed by atoms with E-state index in [-0.39, 0.29) is 17.7 Å². The predicted octanol–water partition coefficient (Wildman–Crippen LogP) is 3.01. The van der Waals surface area contributed by atoms with E-state index >= 15 is 0 Å². The maximum absolute atomic E-state index is 12.6. The molecule has 108 valence electrons. The minimum Gasteiger partial charge on any atom is -0.310 e. The molecule has 2 aromatic heterocycles. The monoisotopic (exact) mass is 301 g/mol. The first-order valence-corrected chi connectivity index (χ1v) is 8.11. The average molecular weight is 301 g/mol. The Morgan fingerprint density at radius 1 is 1.29 bits per heavy atom. The van der Waals surface area contributed by atoms with E-state index in [1.54, 1.807) is 17.4 Å². The Labute approximate surface area is 126 Å². The van der Waals surface area contributed by atoms with E-state index < -0.39 is 5.92 Å². The lowest BCUT2D eigenvalue weighted by atomic mass is 9.88. The number of anilines is 1. The van der Waals surface area contributed by atoms with Gasteiger partial charge in [0.05, 0.1) is 4.88 Å². The Hall–Kier alpha value is -1.95. The maximum atomic E-state index is 12.6. The van der Waals surface area contributed by atoms with E-state index in [0.29, 0.717) is 5.82 Å². The molecule has 0 radical (unpaired) electrons. The zero-order chi connectivity index (χ0) is 14.4. The van der Waals surface area contributed by atoms with Gasteiger partial charge in [-0.15, -0.1) is 11.3 Å². The van der Waals surface area contributed by atoms with Crippen molar-refractivity contribution in [3.63, 3.8) is 0 Å². The van der Waals surface area contributed by atoms with Gasteiger partial charge < -0.3 is 5.32 Å². The number of aromatic nitrogens is 2. The van der Waals surface area contributed by atoms with Crippen molar-refractivity contribution in [2.75, 3.05) is 5.32 Å². The van der Waals surface area contributed by atoms with Crippen LogP contribution in [-0.2, 0) is 4.79 Å². The van der Waals surface area contributed by atoms with Gasteiger partial charge in [0.25, 0.3) is 5.91 Å². The molecule has 0 bridgehead atoms. The largest absolute Gasteiger partial charge is 0.310 e. The number of carbonyl (C=O) groups excluding carboxylic acids is 2. The van der Waals surface area contributed by atoms with Gasteiger partial charge >= 0.3 is 0 Å². The molecule has 3 heterocycles. The SMILES string of the molecule is O=C1Nc2cc(-c3cccs3)nn2C(=O)C1C1CCCC1. The second-order valence-corrected chi connectivity index (χ2v) is 6.60. The fraction of sp³-hybridized carbons (Fsp3) is 0.400. The summed E-state index contributed by atoms with van der Waals surface area (Å²) < 4.78 is 1.37. The summed E-state index contributed by atoms with van der Waals surface area (Å²) >= 11 is 1.57. The van der Waals surface area contributed by atoms with Crippen LogP contribution in [0, 0.1) is 11.8 Å². The summed E-state index contributed by atoms with van der Waals surface area (Å²) in [7, 11) is 0. The van der Waals surface area contributed by atoms with Gasteiger partial charge in [-0.3, -0.25) is 9.59 Å². The van der Waals surface area contributed by atoms with E-state index in [9.17, 15) is 9.59 Å². The standard InChI is InChI=1S/C15H15N3O2S/c19-14-13(9-4-1-2-5-9)15(20)18-12(16-14)8-10(17-18)11-6-3-7-21-11/h3,6-9,13H,1-2,4-5H2,(H,16,19). The van der Waals surface area contributed by atoms with Crippen LogP contribution in [0.25, 0.3) is 10.6 Å². The van der Waals surface area contributed by atoms with E-state index in [4.69, 9.17) is 0 Å². The second kappa shape index (κ2) is 4.80. The van der Waals surface area contributed by atoms with Crippen LogP contribution in [-0.4, -0.2) is 21.6 Å². The Kier molecular flexibility index (Phi) is 2.92. The summed E-state index contributed by atoms with van der Waals surface area (Å²) in [5.41, 5.74) is 0.737. The molecule has 1 amide bonds. The molecule has 2 aromatic rings. The third-order valence-electron chi connectivity index (χ3n) is 4.36. The second-order valence-electron chi connectivity index (χ2n) is 5.65. The lowest BCUT2D eigenvalue weighted by Gasteiger charge is -2.25. The molecule has 5 nitrogen and oxygen atoms in total. The molecule has 0 aromatic carbocycles. The van der Waals surface area contributed by atoms with Crippen LogP contribution >= 0.6 is 11.3 Å². The Bertz CT molecular complexity index is 699. The molecule has 1 unspecified atom stereocenters. The summed E-state index contributed by atoms with van der Waals surface area (Å²) in [4.78, 5) is 25.9. The number of hydrogen-bond acceptors (Lipinski definition) is 4. The first-order chi connectivity index (χ1) is 10.2. The smallest absolute Gasteiger partial charge is 0.261 e. The Balaban J connectivity index is 1.71. The normalized spacial score (nSPS) is 22.4. The minimum atomic E-state index is -0.573. The lowest BCUT2D eigenvalue weighted by molar-refractivity contribution is -0.120. The quantitative estimate of drug-likeness (QED) is 0.867. The van der Waals surface area contributed by atoms with Gasteiger partial charge in [0, 0.05) is 6.07 Å². The van der Waals surface area contributed by atoms with Crippen LogP contribution in [0.3, 0.4) is 0 Å². The van der Waals surface area contributed by atoms with Crippen LogP contribution in [0.2, 0.25) is 0 Å². The van der Waals surface area contributed by atoms with Crippen LogP contribution in [0.15, 0.2) is 23.6 Å². The molecule has 1 aliphatic carbocycles. The van der Waals surface area contributed by atoms with E-state index in [1.165, 1.54) is 4.68 Å². The fourth-order valence-electron chi connectivity index (χ4n) is 3.34. The molecule has 1 saturated carbocycles. The average Bonchev–Trinajstić information content (AvgIpc) is 3.19. The molecule has 1 N–H and O–H groups in total. The molecule has 1 atom stereocenters. The van der Waals surface area contributed by atoms with Crippen LogP contribution in [0.1, 0.15) is 30.5 Å². The molecule has 2 aliphatic rings. The zero-order valence-electron chi connectivity index (χ0n) is 11.4. The van der Waals surface area contributed by atoms with Gasteiger partial charge in [0.15, 0.2) is 0 Å². The van der Waals surface area contributed by atoms with Gasteiger partial charge in [0.2, 0.25) is 5.91 Å². The maximum Gasteiger partial charge on any atom is 0.261 e. The number of carbonyl (C=O) groups is 2. The van der Waals surface area contributed by atoms with Gasteiger partial charge in [-0.1, -0.05) is 18.9 Å². The number of nitrogens with zero attached hydrogens (tertiary/aromatic N) is 2. The van der Waals surface area contributed by atoms with Crippen molar-refractivity contribution in [3.8, 4) is 10.6 Å². The van der Waals surface area contributed by atoms with Crippen molar-refractivity contribution in [2.45, 2.75) is 25.7 Å². The first-order valence-electron chi connectivity index (χ1n) is 7.23. The number of fused-ring (bicyclic) bond motifs is 1. The molecule has 0 spiro atoms.